The molecule has 1 saturated carbocycles. The summed E-state index contributed by atoms with van der Waals surface area (Å²) in [5.74, 6) is -0.216. The Bertz CT molecular complexity index is 1650. The number of nitrogens with zero attached hydrogens (tertiary/aromatic N) is 3. The van der Waals surface area contributed by atoms with Crippen LogP contribution in [0.25, 0.3) is 22.6 Å². The van der Waals surface area contributed by atoms with Crippen LogP contribution in [0.4, 0.5) is 5.69 Å². The Labute approximate surface area is 240 Å². The van der Waals surface area contributed by atoms with E-state index in [1.165, 1.54) is 4.31 Å². The van der Waals surface area contributed by atoms with Crippen molar-refractivity contribution in [3.8, 4) is 0 Å². The van der Waals surface area contributed by atoms with E-state index in [0.29, 0.717) is 43.1 Å². The maximum absolute atomic E-state index is 13.5. The summed E-state index contributed by atoms with van der Waals surface area (Å²) in [6.07, 6.45) is 8.91. The lowest BCUT2D eigenvalue weighted by atomic mass is 10.0. The molecule has 3 heterocycles. The van der Waals surface area contributed by atoms with Crippen molar-refractivity contribution in [3.63, 3.8) is 0 Å². The number of morpholine rings is 1. The van der Waals surface area contributed by atoms with Crippen LogP contribution in [0.3, 0.4) is 0 Å². The first-order valence-corrected chi connectivity index (χ1v) is 15.8. The standard InChI is InChI=1S/C31H36N4O5S/c1-3-21-7-6-10-25-22(19-34(30(21)25)20-29(36)32-23-8-4-5-9-23)17-27-26-18-24(11-12-28(26)33(2)31(27)37)41(38,39)35-13-15-40-16-14-35/h6-7,10-12,17-19,23H,3-5,8-9,13-16,20H2,1-2H3,(H,32,36). The van der Waals surface area contributed by atoms with Gasteiger partial charge in [0.05, 0.1) is 29.3 Å². The Hall–Kier alpha value is -3.47. The second-order valence-electron chi connectivity index (χ2n) is 11.0. The summed E-state index contributed by atoms with van der Waals surface area (Å²) in [4.78, 5) is 28.2. The minimum Gasteiger partial charge on any atom is -0.379 e. The molecule has 0 radical (unpaired) electrons. The summed E-state index contributed by atoms with van der Waals surface area (Å²) >= 11 is 0. The molecule has 2 amide bonds. The molecule has 2 aromatic carbocycles. The number of aryl methyl sites for hydroxylation is 1. The lowest BCUT2D eigenvalue weighted by molar-refractivity contribution is -0.122. The van der Waals surface area contributed by atoms with Crippen LogP contribution in [-0.2, 0) is 37.3 Å². The maximum atomic E-state index is 13.5. The van der Waals surface area contributed by atoms with E-state index in [9.17, 15) is 18.0 Å². The number of amides is 2. The Morgan fingerprint density at radius 3 is 2.61 bits per heavy atom. The van der Waals surface area contributed by atoms with E-state index in [4.69, 9.17) is 4.74 Å². The second kappa shape index (κ2) is 11.1. The van der Waals surface area contributed by atoms with E-state index in [1.54, 1.807) is 30.1 Å². The lowest BCUT2D eigenvalue weighted by Crippen LogP contribution is -2.40. The first kappa shape index (κ1) is 27.7. The summed E-state index contributed by atoms with van der Waals surface area (Å²) in [5.41, 5.74) is 4.59. The molecular formula is C31H36N4O5S. The van der Waals surface area contributed by atoms with Gasteiger partial charge in [-0.2, -0.15) is 4.31 Å². The third kappa shape index (κ3) is 5.09. The third-order valence-electron chi connectivity index (χ3n) is 8.49. The molecule has 216 valence electrons. The van der Waals surface area contributed by atoms with Gasteiger partial charge in [0.2, 0.25) is 15.9 Å². The van der Waals surface area contributed by atoms with Gasteiger partial charge in [0, 0.05) is 54.5 Å². The number of nitrogens with one attached hydrogen (secondary N) is 1. The molecule has 0 spiro atoms. The number of likely N-dealkylation sites (N-methyl/N-ethyl adjacent to an activating group) is 1. The zero-order valence-corrected chi connectivity index (χ0v) is 24.4. The van der Waals surface area contributed by atoms with Gasteiger partial charge < -0.3 is 19.5 Å². The molecule has 2 aliphatic heterocycles. The first-order chi connectivity index (χ1) is 19.8. The third-order valence-corrected chi connectivity index (χ3v) is 10.4. The van der Waals surface area contributed by atoms with Crippen molar-refractivity contribution < 1.29 is 22.7 Å². The highest BCUT2D eigenvalue weighted by Crippen LogP contribution is 2.40. The summed E-state index contributed by atoms with van der Waals surface area (Å²) in [6, 6.07) is 11.2. The number of carbonyl (C=O) groups is 2. The average Bonchev–Trinajstić information content (AvgIpc) is 3.68. The number of fused-ring (bicyclic) bond motifs is 2. The number of ether oxygens (including phenoxy) is 1. The minimum absolute atomic E-state index is 0.0149. The second-order valence-corrected chi connectivity index (χ2v) is 13.0. The van der Waals surface area contributed by atoms with E-state index in [2.05, 4.69) is 18.3 Å². The molecule has 1 N–H and O–H groups in total. The Morgan fingerprint density at radius 1 is 1.12 bits per heavy atom. The number of hydrogen-bond acceptors (Lipinski definition) is 5. The fourth-order valence-electron chi connectivity index (χ4n) is 6.31. The molecule has 6 rings (SSSR count). The predicted octanol–water partition coefficient (Wildman–Crippen LogP) is 3.80. The molecular weight excluding hydrogens is 540 g/mol. The van der Waals surface area contributed by atoms with Crippen LogP contribution in [0.15, 0.2) is 47.5 Å². The van der Waals surface area contributed by atoms with Gasteiger partial charge in [-0.05, 0) is 49.1 Å². The zero-order chi connectivity index (χ0) is 28.7. The van der Waals surface area contributed by atoms with Crippen molar-refractivity contribution in [2.24, 2.45) is 0 Å². The number of sulfonamides is 1. The highest BCUT2D eigenvalue weighted by atomic mass is 32.2. The van der Waals surface area contributed by atoms with Gasteiger partial charge in [-0.25, -0.2) is 8.42 Å². The van der Waals surface area contributed by atoms with Crippen molar-refractivity contribution in [2.75, 3.05) is 38.3 Å². The number of anilines is 1. The number of carbonyl (C=O) groups excluding carboxylic acids is 2. The molecule has 0 bridgehead atoms. The molecule has 1 aromatic heterocycles. The Morgan fingerprint density at radius 2 is 1.88 bits per heavy atom. The molecule has 41 heavy (non-hydrogen) atoms. The van der Waals surface area contributed by atoms with Crippen LogP contribution in [0.2, 0.25) is 0 Å². The number of rotatable bonds is 7. The van der Waals surface area contributed by atoms with Gasteiger partial charge in [-0.1, -0.05) is 38.0 Å². The van der Waals surface area contributed by atoms with E-state index in [0.717, 1.165) is 54.1 Å². The monoisotopic (exact) mass is 576 g/mol. The Kier molecular flexibility index (Phi) is 7.48. The van der Waals surface area contributed by atoms with Crippen LogP contribution in [-0.4, -0.2) is 68.5 Å². The SMILES string of the molecule is CCc1cccc2c(C=C3C(=O)N(C)c4ccc(S(=O)(=O)N5CCOCC5)cc43)cn(CC(=O)NC3CCCC3)c12. The highest BCUT2D eigenvalue weighted by Gasteiger charge is 2.33. The van der Waals surface area contributed by atoms with Crippen molar-refractivity contribution >= 4 is 50.1 Å². The molecule has 2 fully saturated rings. The smallest absolute Gasteiger partial charge is 0.258 e. The van der Waals surface area contributed by atoms with Crippen molar-refractivity contribution in [1.82, 2.24) is 14.2 Å². The predicted molar refractivity (Wildman–Crippen MR) is 159 cm³/mol. The van der Waals surface area contributed by atoms with Gasteiger partial charge in [0.1, 0.15) is 6.54 Å². The molecule has 3 aliphatic rings. The van der Waals surface area contributed by atoms with Crippen LogP contribution in [0, 0.1) is 0 Å². The van der Waals surface area contributed by atoms with E-state index >= 15 is 0 Å². The molecule has 1 aliphatic carbocycles. The number of para-hydroxylation sites is 1. The van der Waals surface area contributed by atoms with Crippen LogP contribution >= 0.6 is 0 Å². The van der Waals surface area contributed by atoms with Gasteiger partial charge in [0.25, 0.3) is 5.91 Å². The number of hydrogen-bond donors (Lipinski definition) is 1. The Balaban J connectivity index is 1.40. The molecule has 9 nitrogen and oxygen atoms in total. The summed E-state index contributed by atoms with van der Waals surface area (Å²) < 4.78 is 35.5. The number of aromatic nitrogens is 1. The van der Waals surface area contributed by atoms with Crippen molar-refractivity contribution in [2.45, 2.75) is 56.5 Å². The van der Waals surface area contributed by atoms with Crippen LogP contribution in [0.1, 0.15) is 49.3 Å². The topological polar surface area (TPSA) is 101 Å². The summed E-state index contributed by atoms with van der Waals surface area (Å²) in [6.45, 7) is 3.60. The van der Waals surface area contributed by atoms with Gasteiger partial charge in [0.15, 0.2) is 0 Å². The molecule has 1 saturated heterocycles. The van der Waals surface area contributed by atoms with Gasteiger partial charge in [-0.15, -0.1) is 0 Å². The zero-order valence-electron chi connectivity index (χ0n) is 23.6. The first-order valence-electron chi connectivity index (χ1n) is 14.4. The molecule has 0 unspecified atom stereocenters. The molecule has 3 aromatic rings. The molecule has 10 heteroatoms. The fourth-order valence-corrected chi connectivity index (χ4v) is 7.74. The van der Waals surface area contributed by atoms with Crippen molar-refractivity contribution in [1.29, 1.82) is 0 Å². The molecule has 0 atom stereocenters. The summed E-state index contributed by atoms with van der Waals surface area (Å²) in [5, 5.41) is 4.13. The minimum atomic E-state index is -3.73. The largest absolute Gasteiger partial charge is 0.379 e. The van der Waals surface area contributed by atoms with E-state index in [1.807, 2.05) is 29.0 Å². The summed E-state index contributed by atoms with van der Waals surface area (Å²) in [7, 11) is -2.03. The fraction of sp³-hybridized carbons (Fsp3) is 0.419. The highest BCUT2D eigenvalue weighted by molar-refractivity contribution is 7.89. The van der Waals surface area contributed by atoms with Crippen molar-refractivity contribution in [3.05, 3.63) is 59.3 Å². The average molecular weight is 577 g/mol. The quantitative estimate of drug-likeness (QED) is 0.432. The lowest BCUT2D eigenvalue weighted by Gasteiger charge is -2.26. The van der Waals surface area contributed by atoms with E-state index in [-0.39, 0.29) is 29.3 Å². The maximum Gasteiger partial charge on any atom is 0.258 e. The van der Waals surface area contributed by atoms with E-state index < -0.39 is 10.0 Å². The van der Waals surface area contributed by atoms with Crippen LogP contribution < -0.4 is 10.2 Å². The van der Waals surface area contributed by atoms with Gasteiger partial charge >= 0.3 is 0 Å². The van der Waals surface area contributed by atoms with Crippen LogP contribution in [0.5, 0.6) is 0 Å². The normalized spacial score (nSPS) is 19.4. The van der Waals surface area contributed by atoms with Gasteiger partial charge in [-0.3, -0.25) is 9.59 Å². The number of benzene rings is 2.